The lowest BCUT2D eigenvalue weighted by atomic mass is 9.85. The second kappa shape index (κ2) is 4.80. The molecule has 0 radical (unpaired) electrons. The van der Waals surface area contributed by atoms with Crippen LogP contribution in [0.15, 0.2) is 16.6 Å². The van der Waals surface area contributed by atoms with Crippen molar-refractivity contribution in [2.45, 2.75) is 26.2 Å². The quantitative estimate of drug-likeness (QED) is 0.861. The van der Waals surface area contributed by atoms with E-state index in [0.29, 0.717) is 16.8 Å². The first-order valence-corrected chi connectivity index (χ1v) is 5.85. The van der Waals surface area contributed by atoms with Crippen molar-refractivity contribution in [1.82, 2.24) is 0 Å². The number of phenols is 1. The van der Waals surface area contributed by atoms with Gasteiger partial charge in [0, 0.05) is 0 Å². The van der Waals surface area contributed by atoms with Crippen LogP contribution in [0.3, 0.4) is 0 Å². The Morgan fingerprint density at radius 1 is 1.50 bits per heavy atom. The van der Waals surface area contributed by atoms with E-state index in [1.807, 2.05) is 26.8 Å². The maximum absolute atomic E-state index is 9.77. The van der Waals surface area contributed by atoms with E-state index >= 15 is 0 Å². The molecular formula is C13H15BrO2. The van der Waals surface area contributed by atoms with Crippen LogP contribution in [0.1, 0.15) is 26.3 Å². The second-order valence-corrected chi connectivity index (χ2v) is 4.86. The summed E-state index contributed by atoms with van der Waals surface area (Å²) in [5.41, 5.74) is 0.547. The first-order chi connectivity index (χ1) is 7.42. The van der Waals surface area contributed by atoms with Crippen LogP contribution >= 0.6 is 15.9 Å². The third-order valence-electron chi connectivity index (χ3n) is 2.41. The molecule has 2 nitrogen and oxygen atoms in total. The van der Waals surface area contributed by atoms with Crippen molar-refractivity contribution in [2.24, 2.45) is 0 Å². The second-order valence-electron chi connectivity index (χ2n) is 4.01. The molecule has 0 atom stereocenters. The van der Waals surface area contributed by atoms with E-state index in [2.05, 4.69) is 21.9 Å². The molecule has 0 aromatic heterocycles. The fraction of sp³-hybridized carbons (Fsp3) is 0.385. The molecule has 0 saturated carbocycles. The monoisotopic (exact) mass is 282 g/mol. The highest BCUT2D eigenvalue weighted by atomic mass is 79.9. The number of terminal acetylenes is 1. The number of ether oxygens (including phenoxy) is 1. The molecule has 1 aromatic carbocycles. The van der Waals surface area contributed by atoms with Gasteiger partial charge >= 0.3 is 0 Å². The number of hydrogen-bond donors (Lipinski definition) is 1. The topological polar surface area (TPSA) is 29.5 Å². The molecule has 1 aromatic rings. The number of benzene rings is 1. The van der Waals surface area contributed by atoms with Crippen molar-refractivity contribution in [3.63, 3.8) is 0 Å². The van der Waals surface area contributed by atoms with Crippen molar-refractivity contribution in [3.05, 3.63) is 22.2 Å². The Labute approximate surface area is 105 Å². The number of phenolic OH excluding ortho intramolecular Hbond substituents is 1. The molecule has 0 fully saturated rings. The summed E-state index contributed by atoms with van der Waals surface area (Å²) in [4.78, 5) is 0. The first-order valence-electron chi connectivity index (χ1n) is 5.06. The highest BCUT2D eigenvalue weighted by Gasteiger charge is 2.20. The molecule has 86 valence electrons. The molecule has 1 rings (SSSR count). The molecule has 1 N–H and O–H groups in total. The maximum atomic E-state index is 9.77. The molecule has 0 aliphatic carbocycles. The molecule has 0 aliphatic rings. The van der Waals surface area contributed by atoms with Crippen LogP contribution in [0.5, 0.6) is 11.5 Å². The number of rotatable bonds is 3. The van der Waals surface area contributed by atoms with Crippen molar-refractivity contribution in [2.75, 3.05) is 6.61 Å². The summed E-state index contributed by atoms with van der Waals surface area (Å²) in [6, 6.07) is 3.60. The van der Waals surface area contributed by atoms with Crippen molar-refractivity contribution in [1.29, 1.82) is 0 Å². The highest BCUT2D eigenvalue weighted by Crippen LogP contribution is 2.38. The van der Waals surface area contributed by atoms with Gasteiger partial charge in [-0.3, -0.25) is 0 Å². The lowest BCUT2D eigenvalue weighted by molar-refractivity contribution is 0.316. The van der Waals surface area contributed by atoms with E-state index in [9.17, 15) is 5.11 Å². The molecule has 0 spiro atoms. The molecule has 3 heteroatoms. The lowest BCUT2D eigenvalue weighted by Crippen LogP contribution is -2.14. The molecule has 16 heavy (non-hydrogen) atoms. The van der Waals surface area contributed by atoms with Crippen LogP contribution in [0, 0.1) is 12.3 Å². The van der Waals surface area contributed by atoms with E-state index in [1.54, 1.807) is 6.07 Å². The maximum Gasteiger partial charge on any atom is 0.172 e. The SMILES string of the molecule is C#CC(C)(C)c1cc(Br)c(O)c(OCC)c1. The first kappa shape index (κ1) is 12.9. The van der Waals surface area contributed by atoms with E-state index < -0.39 is 0 Å². The van der Waals surface area contributed by atoms with Gasteiger partial charge < -0.3 is 9.84 Å². The minimum Gasteiger partial charge on any atom is -0.503 e. The third kappa shape index (κ3) is 2.51. The van der Waals surface area contributed by atoms with E-state index in [1.165, 1.54) is 0 Å². The molecule has 0 amide bonds. The van der Waals surface area contributed by atoms with Crippen LogP contribution in [-0.4, -0.2) is 11.7 Å². The van der Waals surface area contributed by atoms with Gasteiger partial charge in [0.05, 0.1) is 16.5 Å². The summed E-state index contributed by atoms with van der Waals surface area (Å²) < 4.78 is 5.94. The van der Waals surface area contributed by atoms with Gasteiger partial charge in [-0.2, -0.15) is 0 Å². The normalized spacial score (nSPS) is 10.9. The summed E-state index contributed by atoms with van der Waals surface area (Å²) in [5, 5.41) is 9.77. The summed E-state index contributed by atoms with van der Waals surface area (Å²) in [5.74, 6) is 3.28. The Kier molecular flexibility index (Phi) is 3.88. The van der Waals surface area contributed by atoms with Gasteiger partial charge in [-0.15, -0.1) is 6.42 Å². The average molecular weight is 283 g/mol. The van der Waals surface area contributed by atoms with Crippen molar-refractivity contribution >= 4 is 15.9 Å². The predicted octanol–water partition coefficient (Wildman–Crippen LogP) is 3.46. The fourth-order valence-electron chi connectivity index (χ4n) is 1.28. The van der Waals surface area contributed by atoms with Crippen LogP contribution in [0.4, 0.5) is 0 Å². The molecule has 0 bridgehead atoms. The van der Waals surface area contributed by atoms with Gasteiger partial charge in [-0.05, 0) is 54.4 Å². The minimum absolute atomic E-state index is 0.110. The smallest absolute Gasteiger partial charge is 0.172 e. The predicted molar refractivity (Wildman–Crippen MR) is 68.8 cm³/mol. The van der Waals surface area contributed by atoms with Crippen LogP contribution in [-0.2, 0) is 5.41 Å². The Bertz CT molecular complexity index is 430. The lowest BCUT2D eigenvalue weighted by Gasteiger charge is -2.20. The van der Waals surface area contributed by atoms with Crippen molar-refractivity contribution in [3.8, 4) is 23.8 Å². The number of hydrogen-bond acceptors (Lipinski definition) is 2. The van der Waals surface area contributed by atoms with Gasteiger partial charge in [-0.1, -0.05) is 5.92 Å². The van der Waals surface area contributed by atoms with Crippen LogP contribution in [0.2, 0.25) is 0 Å². The van der Waals surface area contributed by atoms with Crippen molar-refractivity contribution < 1.29 is 9.84 Å². The van der Waals surface area contributed by atoms with Gasteiger partial charge in [0.15, 0.2) is 11.5 Å². The molecule has 0 unspecified atom stereocenters. The zero-order chi connectivity index (χ0) is 12.3. The molecule has 0 saturated heterocycles. The zero-order valence-electron chi connectivity index (χ0n) is 9.67. The van der Waals surface area contributed by atoms with Crippen LogP contribution < -0.4 is 4.74 Å². The van der Waals surface area contributed by atoms with Gasteiger partial charge in [0.2, 0.25) is 0 Å². The summed E-state index contributed by atoms with van der Waals surface area (Å²) >= 11 is 3.29. The van der Waals surface area contributed by atoms with Crippen LogP contribution in [0.25, 0.3) is 0 Å². The van der Waals surface area contributed by atoms with Gasteiger partial charge in [0.1, 0.15) is 0 Å². The summed E-state index contributed by atoms with van der Waals surface area (Å²) in [7, 11) is 0. The summed E-state index contributed by atoms with van der Waals surface area (Å²) in [6.45, 7) is 6.26. The van der Waals surface area contributed by atoms with E-state index in [0.717, 1.165) is 5.56 Å². The largest absolute Gasteiger partial charge is 0.503 e. The number of halogens is 1. The summed E-state index contributed by atoms with van der Waals surface area (Å²) in [6.07, 6.45) is 5.48. The Morgan fingerprint density at radius 2 is 2.12 bits per heavy atom. The molecule has 0 aliphatic heterocycles. The highest BCUT2D eigenvalue weighted by molar-refractivity contribution is 9.10. The Hall–Kier alpha value is -1.14. The molecule has 0 heterocycles. The molecular weight excluding hydrogens is 268 g/mol. The van der Waals surface area contributed by atoms with Gasteiger partial charge in [-0.25, -0.2) is 0 Å². The standard InChI is InChI=1S/C13H15BrO2/c1-5-13(3,4)9-7-10(14)12(15)11(8-9)16-6-2/h1,7-8,15H,6H2,2-4H3. The third-order valence-corrected chi connectivity index (χ3v) is 3.02. The zero-order valence-corrected chi connectivity index (χ0v) is 11.3. The van der Waals surface area contributed by atoms with E-state index in [4.69, 9.17) is 11.2 Å². The van der Waals surface area contributed by atoms with E-state index in [-0.39, 0.29) is 11.2 Å². The average Bonchev–Trinajstić information content (AvgIpc) is 2.24. The van der Waals surface area contributed by atoms with Gasteiger partial charge in [0.25, 0.3) is 0 Å². The minimum atomic E-state index is -0.387. The fourth-order valence-corrected chi connectivity index (χ4v) is 1.73. The number of aromatic hydroxyl groups is 1. The Balaban J connectivity index is 3.30. The Morgan fingerprint density at radius 3 is 2.62 bits per heavy atom.